The molecule has 35 heavy (non-hydrogen) atoms. The Bertz CT molecular complexity index is 1260. The van der Waals surface area contributed by atoms with Gasteiger partial charge in [-0.3, -0.25) is 4.79 Å². The van der Waals surface area contributed by atoms with Crippen LogP contribution < -0.4 is 9.47 Å². The van der Waals surface area contributed by atoms with Crippen LogP contribution in [-0.2, 0) is 26.3 Å². The molecule has 1 heterocycles. The van der Waals surface area contributed by atoms with Gasteiger partial charge in [-0.05, 0) is 47.5 Å². The summed E-state index contributed by atoms with van der Waals surface area (Å²) < 4.78 is 24.8. The third-order valence-corrected chi connectivity index (χ3v) is 6.18. The van der Waals surface area contributed by atoms with Crippen molar-refractivity contribution < 1.29 is 23.8 Å². The number of amides is 1. The first-order valence-corrected chi connectivity index (χ1v) is 11.9. The van der Waals surface area contributed by atoms with Gasteiger partial charge in [-0.2, -0.15) is 0 Å². The molecule has 0 atom stereocenters. The van der Waals surface area contributed by atoms with Gasteiger partial charge in [0.15, 0.2) is 11.5 Å². The van der Waals surface area contributed by atoms with Crippen LogP contribution >= 0.6 is 11.3 Å². The molecule has 0 unspecified atom stereocenters. The Balaban J connectivity index is 1.56. The summed E-state index contributed by atoms with van der Waals surface area (Å²) in [5.41, 5.74) is 2.85. The normalized spacial score (nSPS) is 10.7. The van der Waals surface area contributed by atoms with E-state index in [0.29, 0.717) is 35.8 Å². The van der Waals surface area contributed by atoms with Crippen LogP contribution in [0.15, 0.2) is 78.2 Å². The van der Waals surface area contributed by atoms with Crippen LogP contribution in [-0.4, -0.2) is 28.0 Å². The number of aliphatic hydroxyl groups excluding tert-OH is 1. The summed E-state index contributed by atoms with van der Waals surface area (Å²) in [6.07, 6.45) is 0. The van der Waals surface area contributed by atoms with E-state index >= 15 is 0 Å². The lowest BCUT2D eigenvalue weighted by Crippen LogP contribution is -2.30. The van der Waals surface area contributed by atoms with Gasteiger partial charge in [0.05, 0.1) is 19.4 Å². The molecule has 1 amide bonds. The second-order valence-electron chi connectivity index (χ2n) is 7.82. The van der Waals surface area contributed by atoms with Crippen LogP contribution in [0, 0.1) is 5.82 Å². The van der Waals surface area contributed by atoms with Crippen LogP contribution in [0.3, 0.4) is 0 Å². The van der Waals surface area contributed by atoms with Crippen molar-refractivity contribution in [2.24, 2.45) is 0 Å². The Hall–Kier alpha value is -3.75. The van der Waals surface area contributed by atoms with Crippen molar-refractivity contribution in [2.75, 3.05) is 7.11 Å². The van der Waals surface area contributed by atoms with Crippen LogP contribution in [0.1, 0.15) is 32.2 Å². The molecular weight excluding hydrogens is 467 g/mol. The quantitative estimate of drug-likeness (QED) is 0.329. The lowest BCUT2D eigenvalue weighted by molar-refractivity contribution is 0.0729. The number of rotatable bonds is 10. The molecule has 0 aliphatic heterocycles. The Labute approximate surface area is 207 Å². The molecule has 1 aromatic heterocycles. The highest BCUT2D eigenvalue weighted by Crippen LogP contribution is 2.30. The van der Waals surface area contributed by atoms with E-state index in [2.05, 4.69) is 4.98 Å². The molecule has 0 aliphatic rings. The number of hydrogen-bond donors (Lipinski definition) is 1. The maximum Gasteiger partial charge on any atom is 0.254 e. The maximum absolute atomic E-state index is 13.4. The van der Waals surface area contributed by atoms with Crippen LogP contribution in [0.5, 0.6) is 11.5 Å². The Kier molecular flexibility index (Phi) is 8.07. The van der Waals surface area contributed by atoms with Crippen molar-refractivity contribution in [3.05, 3.63) is 111 Å². The average molecular weight is 493 g/mol. The molecule has 0 saturated carbocycles. The molecule has 4 rings (SSSR count). The van der Waals surface area contributed by atoms with Gasteiger partial charge in [0, 0.05) is 24.0 Å². The Morgan fingerprint density at radius 2 is 1.74 bits per heavy atom. The first-order valence-electron chi connectivity index (χ1n) is 11.0. The predicted molar refractivity (Wildman–Crippen MR) is 132 cm³/mol. The van der Waals surface area contributed by atoms with Crippen LogP contribution in [0.25, 0.3) is 0 Å². The lowest BCUT2D eigenvalue weighted by atomic mass is 10.1. The zero-order valence-corrected chi connectivity index (χ0v) is 20.0. The SMILES string of the molecule is COc1ccc(CN(Cc2ccccc2)C(=O)c2ccc(F)cc2)cc1OCc1nc(CO)cs1. The number of carbonyl (C=O) groups is 1. The van der Waals surface area contributed by atoms with Crippen molar-refractivity contribution >= 4 is 17.2 Å². The zero-order valence-electron chi connectivity index (χ0n) is 19.2. The minimum Gasteiger partial charge on any atom is -0.493 e. The van der Waals surface area contributed by atoms with Gasteiger partial charge in [0.1, 0.15) is 17.4 Å². The van der Waals surface area contributed by atoms with Gasteiger partial charge in [0.2, 0.25) is 0 Å². The van der Waals surface area contributed by atoms with E-state index < -0.39 is 0 Å². The predicted octanol–water partition coefficient (Wildman–Crippen LogP) is 5.20. The first-order chi connectivity index (χ1) is 17.1. The smallest absolute Gasteiger partial charge is 0.254 e. The fraction of sp³-hybridized carbons (Fsp3) is 0.185. The lowest BCUT2D eigenvalue weighted by Gasteiger charge is -2.24. The van der Waals surface area contributed by atoms with E-state index in [1.807, 2.05) is 42.5 Å². The fourth-order valence-corrected chi connectivity index (χ4v) is 4.25. The van der Waals surface area contributed by atoms with Crippen molar-refractivity contribution in [3.8, 4) is 11.5 Å². The number of carbonyl (C=O) groups excluding carboxylic acids is 1. The van der Waals surface area contributed by atoms with E-state index in [9.17, 15) is 14.3 Å². The molecule has 6 nitrogen and oxygen atoms in total. The van der Waals surface area contributed by atoms with Crippen LogP contribution in [0.4, 0.5) is 4.39 Å². The molecule has 8 heteroatoms. The molecule has 0 spiro atoms. The van der Waals surface area contributed by atoms with Crippen molar-refractivity contribution in [3.63, 3.8) is 0 Å². The van der Waals surface area contributed by atoms with E-state index in [4.69, 9.17) is 9.47 Å². The highest BCUT2D eigenvalue weighted by Gasteiger charge is 2.18. The summed E-state index contributed by atoms with van der Waals surface area (Å²) in [6, 6.07) is 20.8. The van der Waals surface area contributed by atoms with Gasteiger partial charge in [0.25, 0.3) is 5.91 Å². The number of halogens is 1. The summed E-state index contributed by atoms with van der Waals surface area (Å²) in [7, 11) is 1.56. The van der Waals surface area contributed by atoms with Crippen molar-refractivity contribution in [1.82, 2.24) is 9.88 Å². The first kappa shape index (κ1) is 24.4. The van der Waals surface area contributed by atoms with Gasteiger partial charge in [-0.25, -0.2) is 9.37 Å². The fourth-order valence-electron chi connectivity index (χ4n) is 3.56. The van der Waals surface area contributed by atoms with E-state index in [1.54, 1.807) is 23.5 Å². The maximum atomic E-state index is 13.4. The number of aliphatic hydroxyl groups is 1. The highest BCUT2D eigenvalue weighted by molar-refractivity contribution is 7.09. The van der Waals surface area contributed by atoms with Crippen molar-refractivity contribution in [2.45, 2.75) is 26.3 Å². The molecule has 0 bridgehead atoms. The van der Waals surface area contributed by atoms with E-state index in [-0.39, 0.29) is 24.9 Å². The highest BCUT2D eigenvalue weighted by atomic mass is 32.1. The third kappa shape index (κ3) is 6.44. The average Bonchev–Trinajstić information content (AvgIpc) is 3.36. The van der Waals surface area contributed by atoms with Gasteiger partial charge in [-0.1, -0.05) is 36.4 Å². The third-order valence-electron chi connectivity index (χ3n) is 5.31. The monoisotopic (exact) mass is 492 g/mol. The molecule has 180 valence electrons. The second-order valence-corrected chi connectivity index (χ2v) is 8.76. The summed E-state index contributed by atoms with van der Waals surface area (Å²) in [5.74, 6) is 0.498. The second kappa shape index (κ2) is 11.6. The Morgan fingerprint density at radius 3 is 2.43 bits per heavy atom. The summed E-state index contributed by atoms with van der Waals surface area (Å²) in [6.45, 7) is 0.820. The molecule has 0 fully saturated rings. The Morgan fingerprint density at radius 1 is 1.00 bits per heavy atom. The molecule has 3 aromatic carbocycles. The number of aromatic nitrogens is 1. The van der Waals surface area contributed by atoms with Gasteiger partial charge >= 0.3 is 0 Å². The van der Waals surface area contributed by atoms with Crippen molar-refractivity contribution in [1.29, 1.82) is 0 Å². The number of benzene rings is 3. The van der Waals surface area contributed by atoms with Crippen LogP contribution in [0.2, 0.25) is 0 Å². The molecule has 1 N–H and O–H groups in total. The zero-order chi connectivity index (χ0) is 24.6. The number of hydrogen-bond acceptors (Lipinski definition) is 6. The number of nitrogens with zero attached hydrogens (tertiary/aromatic N) is 2. The summed E-state index contributed by atoms with van der Waals surface area (Å²) in [4.78, 5) is 19.3. The molecular formula is C27H25FN2O4S. The van der Waals surface area contributed by atoms with E-state index in [1.165, 1.54) is 35.6 Å². The number of thiazole rings is 1. The van der Waals surface area contributed by atoms with E-state index in [0.717, 1.165) is 16.1 Å². The standard InChI is InChI=1S/C27H25FN2O4S/c1-33-24-12-7-20(13-25(24)34-17-26-29-23(16-31)18-35-26)15-30(14-19-5-3-2-4-6-19)27(32)21-8-10-22(28)11-9-21/h2-13,18,31H,14-17H2,1H3. The molecule has 0 saturated heterocycles. The minimum absolute atomic E-state index is 0.116. The van der Waals surface area contributed by atoms with Gasteiger partial charge < -0.3 is 19.5 Å². The molecule has 4 aromatic rings. The summed E-state index contributed by atoms with van der Waals surface area (Å²) >= 11 is 1.41. The largest absolute Gasteiger partial charge is 0.493 e. The summed E-state index contributed by atoms with van der Waals surface area (Å²) in [5, 5.41) is 11.7. The molecule has 0 radical (unpaired) electrons. The number of methoxy groups -OCH3 is 1. The molecule has 0 aliphatic carbocycles. The number of ether oxygens (including phenoxy) is 2. The topological polar surface area (TPSA) is 71.9 Å². The van der Waals surface area contributed by atoms with Gasteiger partial charge in [-0.15, -0.1) is 11.3 Å². The minimum atomic E-state index is -0.389.